The van der Waals surface area contributed by atoms with E-state index in [0.29, 0.717) is 23.7 Å². The van der Waals surface area contributed by atoms with Gasteiger partial charge in [0.2, 0.25) is 0 Å². The van der Waals surface area contributed by atoms with Gasteiger partial charge < -0.3 is 13.9 Å². The maximum absolute atomic E-state index is 13.0. The normalized spacial score (nSPS) is 46.5. The first-order chi connectivity index (χ1) is 12.7. The Bertz CT molecular complexity index is 563. The predicted molar refractivity (Wildman–Crippen MR) is 112 cm³/mol. The van der Waals surface area contributed by atoms with Gasteiger partial charge in [-0.05, 0) is 78.4 Å². The van der Waals surface area contributed by atoms with E-state index in [4.69, 9.17) is 9.05 Å². The number of hydrogen-bond acceptors (Lipinski definition) is 4. The van der Waals surface area contributed by atoms with Gasteiger partial charge in [0.15, 0.2) is 0 Å². The molecule has 0 aromatic rings. The second kappa shape index (κ2) is 9.16. The summed E-state index contributed by atoms with van der Waals surface area (Å²) in [5, 5.41) is 0. The summed E-state index contributed by atoms with van der Waals surface area (Å²) in [6.07, 6.45) is 4.73. The van der Waals surface area contributed by atoms with Crippen LogP contribution in [0, 0.1) is 46.3 Å². The van der Waals surface area contributed by atoms with Gasteiger partial charge in [-0.2, -0.15) is 0 Å². The van der Waals surface area contributed by atoms with Crippen molar-refractivity contribution in [3.63, 3.8) is 0 Å². The van der Waals surface area contributed by atoms with Gasteiger partial charge >= 0.3 is 29.6 Å². The SMILES string of the molecule is CC1CC2CC3CC(C)CC(C(C)(C)C)C3OP(=O)([O-])OC2C(C(C)(C)C)C1.[Na+]. The van der Waals surface area contributed by atoms with Crippen LogP contribution in [-0.4, -0.2) is 12.2 Å². The Kier molecular flexibility index (Phi) is 8.33. The minimum absolute atomic E-state index is 0. The molecule has 6 heteroatoms. The number of phosphoric acid groups is 1. The third kappa shape index (κ3) is 6.12. The van der Waals surface area contributed by atoms with Crippen molar-refractivity contribution >= 4 is 7.82 Å². The Hall–Kier alpha value is 1.11. The summed E-state index contributed by atoms with van der Waals surface area (Å²) in [5.74, 6) is 2.30. The van der Waals surface area contributed by atoms with E-state index in [0.717, 1.165) is 32.1 Å². The average Bonchev–Trinajstić information content (AvgIpc) is 2.48. The second-order valence-electron chi connectivity index (χ2n) is 12.4. The molecule has 1 heterocycles. The van der Waals surface area contributed by atoms with Crippen LogP contribution in [0.4, 0.5) is 0 Å². The summed E-state index contributed by atoms with van der Waals surface area (Å²) in [7, 11) is -4.34. The van der Waals surface area contributed by atoms with E-state index in [2.05, 4.69) is 55.4 Å². The maximum atomic E-state index is 13.0. The molecule has 2 aliphatic carbocycles. The van der Waals surface area contributed by atoms with Gasteiger partial charge in [-0.25, -0.2) is 0 Å². The monoisotopic (exact) mass is 436 g/mol. The Balaban J connectivity index is 0.00000300. The van der Waals surface area contributed by atoms with Crippen molar-refractivity contribution in [1.82, 2.24) is 0 Å². The molecule has 3 aliphatic rings. The number of phosphoric ester groups is 1. The average molecular weight is 437 g/mol. The largest absolute Gasteiger partial charge is 1.00 e. The molecular formula is C23H42NaO4P. The Morgan fingerprint density at radius 1 is 0.724 bits per heavy atom. The van der Waals surface area contributed by atoms with Crippen molar-refractivity contribution in [2.75, 3.05) is 0 Å². The fourth-order valence-corrected chi connectivity index (χ4v) is 7.76. The molecule has 0 aromatic heterocycles. The molecule has 0 spiro atoms. The second-order valence-corrected chi connectivity index (χ2v) is 13.8. The third-order valence-electron chi connectivity index (χ3n) is 7.78. The molecule has 0 bridgehead atoms. The van der Waals surface area contributed by atoms with E-state index in [1.165, 1.54) is 0 Å². The number of fused-ring (bicyclic) bond motifs is 2. The molecule has 0 aromatic carbocycles. The van der Waals surface area contributed by atoms with Crippen molar-refractivity contribution in [2.24, 2.45) is 46.3 Å². The third-order valence-corrected chi connectivity index (χ3v) is 8.78. The molecule has 0 N–H and O–H groups in total. The van der Waals surface area contributed by atoms with Crippen LogP contribution in [0.3, 0.4) is 0 Å². The molecule has 8 atom stereocenters. The van der Waals surface area contributed by atoms with Gasteiger partial charge in [0, 0.05) is 0 Å². The topological polar surface area (TPSA) is 58.6 Å². The van der Waals surface area contributed by atoms with Crippen molar-refractivity contribution in [2.45, 2.75) is 99.7 Å². The van der Waals surface area contributed by atoms with Crippen molar-refractivity contribution in [3.05, 3.63) is 0 Å². The van der Waals surface area contributed by atoms with Crippen LogP contribution >= 0.6 is 7.82 Å². The zero-order valence-corrected chi connectivity index (χ0v) is 23.1. The smallest absolute Gasteiger partial charge is 0.756 e. The van der Waals surface area contributed by atoms with Gasteiger partial charge in [-0.3, -0.25) is 4.57 Å². The zero-order valence-electron chi connectivity index (χ0n) is 20.2. The van der Waals surface area contributed by atoms with E-state index >= 15 is 0 Å². The molecule has 0 radical (unpaired) electrons. The van der Waals surface area contributed by atoms with Crippen LogP contribution in [0.1, 0.15) is 87.5 Å². The van der Waals surface area contributed by atoms with Crippen molar-refractivity contribution in [3.8, 4) is 0 Å². The summed E-state index contributed by atoms with van der Waals surface area (Å²) in [5.41, 5.74) is 0.0357. The first kappa shape index (κ1) is 26.4. The van der Waals surface area contributed by atoms with E-state index < -0.39 is 7.82 Å². The standard InChI is InChI=1S/C23H43O4P.Na/c1-14-9-16-13-17-10-15(2)12-19(23(6,7)8)21(17)27-28(24,25)26-20(16)18(11-14)22(3,4)5;/h14-21H,9-13H2,1-8H3,(H,24,25);/q;+1/p-1. The zero-order chi connectivity index (χ0) is 21.1. The number of hydrogen-bond donors (Lipinski definition) is 0. The molecule has 3 fully saturated rings. The van der Waals surface area contributed by atoms with Crippen molar-refractivity contribution < 1.29 is 48.1 Å². The fraction of sp³-hybridized carbons (Fsp3) is 1.00. The minimum atomic E-state index is -4.34. The van der Waals surface area contributed by atoms with Crippen molar-refractivity contribution in [1.29, 1.82) is 0 Å². The molecule has 29 heavy (non-hydrogen) atoms. The van der Waals surface area contributed by atoms with Gasteiger partial charge in [0.25, 0.3) is 7.82 Å². The van der Waals surface area contributed by atoms with E-state index in [9.17, 15) is 9.46 Å². The fourth-order valence-electron chi connectivity index (χ4n) is 6.47. The van der Waals surface area contributed by atoms with Crippen LogP contribution in [0.2, 0.25) is 0 Å². The van der Waals surface area contributed by atoms with Crippen LogP contribution in [-0.2, 0) is 13.6 Å². The van der Waals surface area contributed by atoms with Crippen LogP contribution < -0.4 is 34.5 Å². The molecule has 164 valence electrons. The van der Waals surface area contributed by atoms with E-state index in [1.807, 2.05) is 0 Å². The molecule has 4 nitrogen and oxygen atoms in total. The summed E-state index contributed by atoms with van der Waals surface area (Å²) < 4.78 is 24.8. The first-order valence-corrected chi connectivity index (χ1v) is 12.8. The van der Waals surface area contributed by atoms with E-state index in [-0.39, 0.29) is 64.4 Å². The number of rotatable bonds is 0. The van der Waals surface area contributed by atoms with E-state index in [1.54, 1.807) is 0 Å². The van der Waals surface area contributed by atoms with Gasteiger partial charge in [-0.15, -0.1) is 0 Å². The molecule has 0 amide bonds. The van der Waals surface area contributed by atoms with Crippen LogP contribution in [0.5, 0.6) is 0 Å². The maximum Gasteiger partial charge on any atom is 1.00 e. The summed E-state index contributed by atoms with van der Waals surface area (Å²) in [6, 6.07) is 0. The predicted octanol–water partition coefficient (Wildman–Crippen LogP) is 3.05. The van der Waals surface area contributed by atoms with Gasteiger partial charge in [0.1, 0.15) is 0 Å². The van der Waals surface area contributed by atoms with Crippen LogP contribution in [0.25, 0.3) is 0 Å². The summed E-state index contributed by atoms with van der Waals surface area (Å²) in [6.45, 7) is 17.9. The molecule has 3 rings (SSSR count). The Morgan fingerprint density at radius 2 is 1.07 bits per heavy atom. The summed E-state index contributed by atoms with van der Waals surface area (Å²) >= 11 is 0. The summed E-state index contributed by atoms with van der Waals surface area (Å²) in [4.78, 5) is 13.0. The van der Waals surface area contributed by atoms with Gasteiger partial charge in [0.05, 0.1) is 12.2 Å². The molecule has 1 aliphatic heterocycles. The molecular weight excluding hydrogens is 394 g/mol. The molecule has 1 saturated heterocycles. The quantitative estimate of drug-likeness (QED) is 0.433. The molecule has 8 unspecified atom stereocenters. The Labute approximate surface area is 201 Å². The Morgan fingerprint density at radius 3 is 1.38 bits per heavy atom. The minimum Gasteiger partial charge on any atom is -0.756 e. The first-order valence-electron chi connectivity index (χ1n) is 11.3. The van der Waals surface area contributed by atoms with Gasteiger partial charge in [-0.1, -0.05) is 55.4 Å². The van der Waals surface area contributed by atoms with Crippen LogP contribution in [0.15, 0.2) is 0 Å². The molecule has 2 saturated carbocycles.